The van der Waals surface area contributed by atoms with E-state index in [0.29, 0.717) is 17.8 Å². The Morgan fingerprint density at radius 3 is 2.48 bits per heavy atom. The van der Waals surface area contributed by atoms with Crippen LogP contribution in [0.3, 0.4) is 0 Å². The van der Waals surface area contributed by atoms with Crippen molar-refractivity contribution in [3.63, 3.8) is 0 Å². The van der Waals surface area contributed by atoms with E-state index in [1.54, 1.807) is 0 Å². The lowest BCUT2D eigenvalue weighted by Gasteiger charge is -2.26. The van der Waals surface area contributed by atoms with Gasteiger partial charge in [-0.25, -0.2) is 0 Å². The van der Waals surface area contributed by atoms with E-state index in [1.807, 2.05) is 0 Å². The van der Waals surface area contributed by atoms with Crippen LogP contribution in [0.2, 0.25) is 0 Å². The highest BCUT2D eigenvalue weighted by Gasteiger charge is 2.36. The van der Waals surface area contributed by atoms with Crippen LogP contribution < -0.4 is 5.73 Å². The van der Waals surface area contributed by atoms with Gasteiger partial charge in [-0.15, -0.1) is 12.4 Å². The van der Waals surface area contributed by atoms with Crippen molar-refractivity contribution in [3.05, 3.63) is 23.3 Å². The fourth-order valence-corrected chi connectivity index (χ4v) is 4.66. The molecule has 0 spiro atoms. The van der Waals surface area contributed by atoms with Crippen LogP contribution in [-0.2, 0) is 5.54 Å². The van der Waals surface area contributed by atoms with Crippen molar-refractivity contribution in [2.45, 2.75) is 83.2 Å². The maximum Gasteiger partial charge on any atom is 0.259 e. The van der Waals surface area contributed by atoms with Crippen LogP contribution in [0.1, 0.15) is 81.0 Å². The average Bonchev–Trinajstić information content (AvgIpc) is 3.28. The molecule has 2 aromatic rings. The summed E-state index contributed by atoms with van der Waals surface area (Å²) in [4.78, 5) is 4.68. The summed E-state index contributed by atoms with van der Waals surface area (Å²) in [6.45, 7) is 4.36. The number of nitrogens with two attached hydrogens (primary N) is 1. The number of hydrogen-bond donors (Lipinski definition) is 1. The summed E-state index contributed by atoms with van der Waals surface area (Å²) in [6, 6.07) is 2.81. The van der Waals surface area contributed by atoms with Gasteiger partial charge in [-0.2, -0.15) is 4.98 Å². The van der Waals surface area contributed by atoms with E-state index in [9.17, 15) is 0 Å². The molecule has 0 saturated heterocycles. The summed E-state index contributed by atoms with van der Waals surface area (Å²) < 4.78 is 8.09. The number of aryl methyl sites for hydroxylation is 1. The normalized spacial score (nSPS) is 20.6. The van der Waals surface area contributed by atoms with E-state index in [0.717, 1.165) is 31.2 Å². The second kappa shape index (κ2) is 7.12. The zero-order valence-electron chi connectivity index (χ0n) is 15.3. The lowest BCUT2D eigenvalue weighted by molar-refractivity contribution is 0.345. The van der Waals surface area contributed by atoms with Crippen LogP contribution >= 0.6 is 12.4 Å². The first-order valence-corrected chi connectivity index (χ1v) is 9.40. The molecule has 2 N–H and O–H groups in total. The van der Waals surface area contributed by atoms with Crippen molar-refractivity contribution < 1.29 is 4.52 Å². The van der Waals surface area contributed by atoms with E-state index in [4.69, 9.17) is 10.3 Å². The molecule has 2 aromatic heterocycles. The minimum Gasteiger partial charge on any atom is -0.345 e. The molecule has 0 aliphatic heterocycles. The lowest BCUT2D eigenvalue weighted by Crippen LogP contribution is -2.34. The van der Waals surface area contributed by atoms with Crippen LogP contribution in [0.4, 0.5) is 0 Å². The van der Waals surface area contributed by atoms with Crippen molar-refractivity contribution in [3.8, 4) is 11.5 Å². The summed E-state index contributed by atoms with van der Waals surface area (Å²) in [5.41, 5.74) is 9.68. The van der Waals surface area contributed by atoms with Gasteiger partial charge in [-0.3, -0.25) is 0 Å². The quantitative estimate of drug-likeness (QED) is 0.848. The first-order chi connectivity index (χ1) is 11.6. The third-order valence-corrected chi connectivity index (χ3v) is 6.02. The molecule has 5 nitrogen and oxygen atoms in total. The average molecular weight is 365 g/mol. The highest BCUT2D eigenvalue weighted by atomic mass is 35.5. The van der Waals surface area contributed by atoms with Gasteiger partial charge in [0.2, 0.25) is 0 Å². The van der Waals surface area contributed by atoms with Gasteiger partial charge in [0.05, 0.1) is 11.1 Å². The van der Waals surface area contributed by atoms with E-state index in [1.165, 1.54) is 43.5 Å². The second-order valence-corrected chi connectivity index (χ2v) is 7.73. The molecule has 0 bridgehead atoms. The van der Waals surface area contributed by atoms with Gasteiger partial charge in [-0.05, 0) is 45.6 Å². The van der Waals surface area contributed by atoms with Gasteiger partial charge in [0, 0.05) is 17.4 Å². The van der Waals surface area contributed by atoms with Gasteiger partial charge in [0.25, 0.3) is 5.89 Å². The smallest absolute Gasteiger partial charge is 0.259 e. The minimum atomic E-state index is -0.392. The largest absolute Gasteiger partial charge is 0.345 e. The molecule has 2 aliphatic carbocycles. The SMILES string of the molecule is Cc1cc(-c2nc(C3(N)CCCC3)no2)c(C)n1C1CCCCC1.Cl. The highest BCUT2D eigenvalue weighted by Crippen LogP contribution is 2.38. The number of hydrogen-bond acceptors (Lipinski definition) is 4. The van der Waals surface area contributed by atoms with Crippen molar-refractivity contribution in [1.29, 1.82) is 0 Å². The van der Waals surface area contributed by atoms with E-state index >= 15 is 0 Å². The minimum absolute atomic E-state index is 0. The van der Waals surface area contributed by atoms with Gasteiger partial charge in [0.1, 0.15) is 0 Å². The van der Waals surface area contributed by atoms with Crippen molar-refractivity contribution in [2.24, 2.45) is 5.73 Å². The Bertz CT molecular complexity index is 724. The number of halogens is 1. The molecule has 6 heteroatoms. The molecular formula is C19H29ClN4O. The molecular weight excluding hydrogens is 336 g/mol. The third kappa shape index (κ3) is 3.24. The Kier molecular flexibility index (Phi) is 5.26. The monoisotopic (exact) mass is 364 g/mol. The first kappa shape index (κ1) is 18.5. The molecule has 0 amide bonds. The van der Waals surface area contributed by atoms with Crippen molar-refractivity contribution in [1.82, 2.24) is 14.7 Å². The summed E-state index contributed by atoms with van der Waals surface area (Å²) in [6.07, 6.45) is 10.8. The molecule has 0 unspecified atom stereocenters. The molecule has 2 fully saturated rings. The third-order valence-electron chi connectivity index (χ3n) is 6.02. The zero-order chi connectivity index (χ0) is 16.7. The standard InChI is InChI=1S/C19H28N4O.ClH/c1-13-12-16(14(2)23(13)15-8-4-3-5-9-15)17-21-18(22-24-17)19(20)10-6-7-11-19;/h12,15H,3-11,20H2,1-2H3;1H. The summed E-state index contributed by atoms with van der Waals surface area (Å²) in [7, 11) is 0. The molecule has 4 rings (SSSR count). The number of rotatable bonds is 3. The lowest BCUT2D eigenvalue weighted by atomic mass is 9.95. The molecule has 0 atom stereocenters. The Balaban J connectivity index is 0.00000182. The predicted molar refractivity (Wildman–Crippen MR) is 101 cm³/mol. The van der Waals surface area contributed by atoms with E-state index in [-0.39, 0.29) is 12.4 Å². The van der Waals surface area contributed by atoms with Crippen LogP contribution in [0, 0.1) is 13.8 Å². The van der Waals surface area contributed by atoms with Crippen molar-refractivity contribution in [2.75, 3.05) is 0 Å². The summed E-state index contributed by atoms with van der Waals surface area (Å²) >= 11 is 0. The number of aromatic nitrogens is 3. The molecule has 2 saturated carbocycles. The number of nitrogens with zero attached hydrogens (tertiary/aromatic N) is 3. The Labute approximate surface area is 155 Å². The predicted octanol–water partition coefficient (Wildman–Crippen LogP) is 4.81. The second-order valence-electron chi connectivity index (χ2n) is 7.73. The summed E-state index contributed by atoms with van der Waals surface area (Å²) in [5.74, 6) is 1.30. The highest BCUT2D eigenvalue weighted by molar-refractivity contribution is 5.85. The summed E-state index contributed by atoms with van der Waals surface area (Å²) in [5, 5.41) is 4.22. The molecule has 25 heavy (non-hydrogen) atoms. The fraction of sp³-hybridized carbons (Fsp3) is 0.684. The Morgan fingerprint density at radius 2 is 1.80 bits per heavy atom. The first-order valence-electron chi connectivity index (χ1n) is 9.40. The fourth-order valence-electron chi connectivity index (χ4n) is 4.66. The Hall–Kier alpha value is -1.33. The van der Waals surface area contributed by atoms with Crippen LogP contribution in [0.15, 0.2) is 10.6 Å². The van der Waals surface area contributed by atoms with Crippen LogP contribution in [0.25, 0.3) is 11.5 Å². The molecule has 2 heterocycles. The maximum absolute atomic E-state index is 6.47. The topological polar surface area (TPSA) is 69.9 Å². The van der Waals surface area contributed by atoms with E-state index in [2.05, 4.69) is 34.6 Å². The van der Waals surface area contributed by atoms with Crippen molar-refractivity contribution >= 4 is 12.4 Å². The van der Waals surface area contributed by atoms with Gasteiger partial charge in [0.15, 0.2) is 5.82 Å². The van der Waals surface area contributed by atoms with Gasteiger partial charge < -0.3 is 14.8 Å². The maximum atomic E-state index is 6.47. The van der Waals surface area contributed by atoms with Gasteiger partial charge in [-0.1, -0.05) is 37.3 Å². The van der Waals surface area contributed by atoms with Gasteiger partial charge >= 0.3 is 0 Å². The van der Waals surface area contributed by atoms with Crippen LogP contribution in [0.5, 0.6) is 0 Å². The Morgan fingerprint density at radius 1 is 1.12 bits per heavy atom. The van der Waals surface area contributed by atoms with E-state index < -0.39 is 5.54 Å². The molecule has 2 aliphatic rings. The molecule has 0 aromatic carbocycles. The molecule has 0 radical (unpaired) electrons. The zero-order valence-corrected chi connectivity index (χ0v) is 16.1. The molecule has 138 valence electrons. The van der Waals surface area contributed by atoms with Crippen LogP contribution in [-0.4, -0.2) is 14.7 Å².